The highest BCUT2D eigenvalue weighted by Gasteiger charge is 2.45. The highest BCUT2D eigenvalue weighted by Crippen LogP contribution is 2.28. The maximum atomic E-state index is 12.5. The first-order valence-electron chi connectivity index (χ1n) is 8.14. The molecule has 130 valence electrons. The lowest BCUT2D eigenvalue weighted by Gasteiger charge is -2.25. The van der Waals surface area contributed by atoms with E-state index in [0.717, 1.165) is 11.1 Å². The van der Waals surface area contributed by atoms with Crippen molar-refractivity contribution in [1.82, 2.24) is 0 Å². The Balaban J connectivity index is 2.26. The average molecular weight is 338 g/mol. The van der Waals surface area contributed by atoms with Crippen molar-refractivity contribution in [3.05, 3.63) is 72.3 Å². The van der Waals surface area contributed by atoms with Gasteiger partial charge < -0.3 is 9.84 Å². The van der Waals surface area contributed by atoms with Crippen molar-refractivity contribution in [2.45, 2.75) is 32.3 Å². The van der Waals surface area contributed by atoms with E-state index in [1.807, 2.05) is 31.2 Å². The average Bonchev–Trinajstić information content (AvgIpc) is 2.61. The monoisotopic (exact) mass is 338 g/mol. The van der Waals surface area contributed by atoms with Crippen LogP contribution in [0.3, 0.4) is 0 Å². The van der Waals surface area contributed by atoms with Crippen LogP contribution in [0.5, 0.6) is 5.75 Å². The Hall–Kier alpha value is -2.72. The summed E-state index contributed by atoms with van der Waals surface area (Å²) in [6.45, 7) is 7.47. The SMILES string of the molecule is C=C(C[C@](O)(C(=O)CC)C(=O)Oc1ccccc1)c1cccc(C)c1. The van der Waals surface area contributed by atoms with Crippen LogP contribution in [-0.4, -0.2) is 22.5 Å². The second-order valence-electron chi connectivity index (χ2n) is 5.99. The van der Waals surface area contributed by atoms with E-state index < -0.39 is 17.4 Å². The molecule has 2 aromatic carbocycles. The Labute approximate surface area is 147 Å². The number of para-hydroxylation sites is 1. The van der Waals surface area contributed by atoms with Crippen molar-refractivity contribution < 1.29 is 19.4 Å². The predicted octanol–water partition coefficient (Wildman–Crippen LogP) is 3.71. The fraction of sp³-hybridized carbons (Fsp3) is 0.238. The number of carbonyl (C=O) groups is 2. The van der Waals surface area contributed by atoms with Crippen LogP contribution >= 0.6 is 0 Å². The Morgan fingerprint density at radius 3 is 2.40 bits per heavy atom. The number of hydrogen-bond acceptors (Lipinski definition) is 4. The van der Waals surface area contributed by atoms with Crippen LogP contribution in [0.2, 0.25) is 0 Å². The minimum Gasteiger partial charge on any atom is -0.424 e. The number of carbonyl (C=O) groups excluding carboxylic acids is 2. The Morgan fingerprint density at radius 1 is 1.12 bits per heavy atom. The van der Waals surface area contributed by atoms with Crippen LogP contribution in [0, 0.1) is 6.92 Å². The second kappa shape index (κ2) is 7.90. The summed E-state index contributed by atoms with van der Waals surface area (Å²) in [5.41, 5.74) is 0.0366. The van der Waals surface area contributed by atoms with Crippen molar-refractivity contribution in [3.63, 3.8) is 0 Å². The quantitative estimate of drug-likeness (QED) is 0.475. The van der Waals surface area contributed by atoms with Crippen LogP contribution < -0.4 is 4.74 Å². The fourth-order valence-corrected chi connectivity index (χ4v) is 2.53. The second-order valence-corrected chi connectivity index (χ2v) is 5.99. The smallest absolute Gasteiger partial charge is 0.351 e. The molecule has 1 N–H and O–H groups in total. The zero-order valence-corrected chi connectivity index (χ0v) is 14.5. The molecule has 0 aromatic heterocycles. The molecule has 0 amide bonds. The first kappa shape index (κ1) is 18.6. The van der Waals surface area contributed by atoms with Gasteiger partial charge in [-0.15, -0.1) is 0 Å². The minimum absolute atomic E-state index is 0.0154. The summed E-state index contributed by atoms with van der Waals surface area (Å²) in [6, 6.07) is 15.9. The molecule has 0 aliphatic rings. The number of esters is 1. The molecule has 4 heteroatoms. The summed E-state index contributed by atoms with van der Waals surface area (Å²) >= 11 is 0. The van der Waals surface area contributed by atoms with Gasteiger partial charge in [0.05, 0.1) is 0 Å². The maximum Gasteiger partial charge on any atom is 0.351 e. The van der Waals surface area contributed by atoms with Crippen molar-refractivity contribution in [2.24, 2.45) is 0 Å². The van der Waals surface area contributed by atoms with Gasteiger partial charge in [0.2, 0.25) is 5.60 Å². The van der Waals surface area contributed by atoms with E-state index in [-0.39, 0.29) is 18.6 Å². The van der Waals surface area contributed by atoms with Gasteiger partial charge in [0, 0.05) is 12.8 Å². The number of aliphatic hydroxyl groups is 1. The highest BCUT2D eigenvalue weighted by atomic mass is 16.6. The molecule has 0 spiro atoms. The maximum absolute atomic E-state index is 12.5. The molecule has 2 rings (SSSR count). The lowest BCUT2D eigenvalue weighted by molar-refractivity contribution is -0.162. The van der Waals surface area contributed by atoms with Crippen molar-refractivity contribution >= 4 is 17.3 Å². The Kier molecular flexibility index (Phi) is 5.88. The van der Waals surface area contributed by atoms with E-state index in [9.17, 15) is 14.7 Å². The summed E-state index contributed by atoms with van der Waals surface area (Å²) < 4.78 is 5.21. The van der Waals surface area contributed by atoms with Crippen molar-refractivity contribution in [2.75, 3.05) is 0 Å². The van der Waals surface area contributed by atoms with E-state index in [1.165, 1.54) is 0 Å². The van der Waals surface area contributed by atoms with Gasteiger partial charge in [0.25, 0.3) is 0 Å². The van der Waals surface area contributed by atoms with E-state index in [4.69, 9.17) is 4.74 Å². The summed E-state index contributed by atoms with van der Waals surface area (Å²) in [5.74, 6) is -1.31. The normalized spacial score (nSPS) is 12.9. The Bertz CT molecular complexity index is 779. The zero-order valence-electron chi connectivity index (χ0n) is 14.5. The number of hydrogen-bond donors (Lipinski definition) is 1. The summed E-state index contributed by atoms with van der Waals surface area (Å²) in [5, 5.41) is 10.8. The van der Waals surface area contributed by atoms with Gasteiger partial charge in [-0.1, -0.05) is 61.5 Å². The van der Waals surface area contributed by atoms with Crippen LogP contribution in [0.15, 0.2) is 61.2 Å². The predicted molar refractivity (Wildman–Crippen MR) is 97.2 cm³/mol. The standard InChI is InChI=1S/C21H22O4/c1-4-19(22)21(24,20(23)25-18-11-6-5-7-12-18)14-16(3)17-10-8-9-15(2)13-17/h5-13,24H,3-4,14H2,1-2H3/t21-/m0/s1. The molecule has 0 radical (unpaired) electrons. The number of Topliss-reactive ketones (excluding diaryl/α,β-unsaturated/α-hetero) is 1. The van der Waals surface area contributed by atoms with Crippen LogP contribution in [-0.2, 0) is 9.59 Å². The van der Waals surface area contributed by atoms with Gasteiger partial charge in [-0.3, -0.25) is 4.79 Å². The van der Waals surface area contributed by atoms with Gasteiger partial charge in [-0.2, -0.15) is 0 Å². The number of ketones is 1. The van der Waals surface area contributed by atoms with Crippen molar-refractivity contribution in [1.29, 1.82) is 0 Å². The summed E-state index contributed by atoms with van der Waals surface area (Å²) in [6.07, 6.45) is -0.198. The molecule has 0 saturated carbocycles. The molecule has 1 atom stereocenters. The number of ether oxygens (including phenoxy) is 1. The summed E-state index contributed by atoms with van der Waals surface area (Å²) in [4.78, 5) is 24.8. The first-order valence-corrected chi connectivity index (χ1v) is 8.14. The minimum atomic E-state index is -2.26. The third-order valence-corrected chi connectivity index (χ3v) is 3.97. The van der Waals surface area contributed by atoms with Crippen LogP contribution in [0.25, 0.3) is 5.57 Å². The molecule has 0 heterocycles. The van der Waals surface area contributed by atoms with E-state index in [0.29, 0.717) is 5.57 Å². The van der Waals surface area contributed by atoms with Gasteiger partial charge in [-0.05, 0) is 30.2 Å². The summed E-state index contributed by atoms with van der Waals surface area (Å²) in [7, 11) is 0. The number of rotatable bonds is 7. The lowest BCUT2D eigenvalue weighted by Crippen LogP contribution is -2.49. The molecular weight excluding hydrogens is 316 g/mol. The molecule has 0 unspecified atom stereocenters. The van der Waals surface area contributed by atoms with Crippen LogP contribution in [0.4, 0.5) is 0 Å². The lowest BCUT2D eigenvalue weighted by atomic mass is 9.86. The molecule has 0 aliphatic carbocycles. The molecule has 4 nitrogen and oxygen atoms in total. The van der Waals surface area contributed by atoms with Gasteiger partial charge >= 0.3 is 5.97 Å². The number of benzene rings is 2. The molecule has 0 saturated heterocycles. The first-order chi connectivity index (χ1) is 11.9. The van der Waals surface area contributed by atoms with Crippen LogP contribution in [0.1, 0.15) is 30.9 Å². The van der Waals surface area contributed by atoms with E-state index >= 15 is 0 Å². The molecule has 2 aromatic rings. The highest BCUT2D eigenvalue weighted by molar-refractivity contribution is 6.08. The van der Waals surface area contributed by atoms with Gasteiger partial charge in [0.1, 0.15) is 5.75 Å². The third-order valence-electron chi connectivity index (χ3n) is 3.97. The molecule has 0 bridgehead atoms. The topological polar surface area (TPSA) is 63.6 Å². The van der Waals surface area contributed by atoms with E-state index in [1.54, 1.807) is 37.3 Å². The molecule has 25 heavy (non-hydrogen) atoms. The molecule has 0 aliphatic heterocycles. The van der Waals surface area contributed by atoms with E-state index in [2.05, 4.69) is 6.58 Å². The Morgan fingerprint density at radius 2 is 1.80 bits per heavy atom. The molecular formula is C21H22O4. The van der Waals surface area contributed by atoms with Gasteiger partial charge in [0.15, 0.2) is 5.78 Å². The fourth-order valence-electron chi connectivity index (χ4n) is 2.53. The zero-order chi connectivity index (χ0) is 18.4. The van der Waals surface area contributed by atoms with Crippen molar-refractivity contribution in [3.8, 4) is 5.75 Å². The largest absolute Gasteiger partial charge is 0.424 e. The van der Waals surface area contributed by atoms with Gasteiger partial charge in [-0.25, -0.2) is 4.79 Å². The molecule has 0 fully saturated rings. The third kappa shape index (κ3) is 4.43. The number of aryl methyl sites for hydroxylation is 1.